The van der Waals surface area contributed by atoms with Crippen LogP contribution in [0.4, 0.5) is 0 Å². The van der Waals surface area contributed by atoms with E-state index in [1.165, 1.54) is 16.5 Å². The van der Waals surface area contributed by atoms with Gasteiger partial charge in [0.05, 0.1) is 17.2 Å². The third-order valence-electron chi connectivity index (χ3n) is 5.33. The molecule has 4 rings (SSSR count). The summed E-state index contributed by atoms with van der Waals surface area (Å²) in [5, 5.41) is 0.559. The smallest absolute Gasteiger partial charge is 0.261 e. The second-order valence-corrected chi connectivity index (χ2v) is 8.21. The van der Waals surface area contributed by atoms with Crippen LogP contribution in [0.15, 0.2) is 64.1 Å². The highest BCUT2D eigenvalue weighted by Gasteiger charge is 2.21. The van der Waals surface area contributed by atoms with Crippen molar-refractivity contribution in [2.75, 3.05) is 26.2 Å². The van der Waals surface area contributed by atoms with Gasteiger partial charge in [-0.05, 0) is 23.8 Å². The Balaban J connectivity index is 1.32. The molecule has 0 N–H and O–H groups in total. The highest BCUT2D eigenvalue weighted by molar-refractivity contribution is 9.10. The first-order valence-corrected chi connectivity index (χ1v) is 10.6. The number of piperazine rings is 1. The topological polar surface area (TPSA) is 58.4 Å². The Labute approximate surface area is 177 Å². The number of amides is 1. The van der Waals surface area contributed by atoms with Gasteiger partial charge in [0.1, 0.15) is 0 Å². The van der Waals surface area contributed by atoms with E-state index in [1.807, 2.05) is 23.1 Å². The summed E-state index contributed by atoms with van der Waals surface area (Å²) in [5.41, 5.74) is 1.84. The van der Waals surface area contributed by atoms with E-state index in [1.54, 1.807) is 6.07 Å². The zero-order valence-corrected chi connectivity index (χ0v) is 17.7. The van der Waals surface area contributed by atoms with Crippen molar-refractivity contribution in [1.29, 1.82) is 0 Å². The lowest BCUT2D eigenvalue weighted by Gasteiger charge is -2.34. The number of hydrogen-bond acceptors (Lipinski definition) is 4. The number of nitrogens with zero attached hydrogens (tertiary/aromatic N) is 4. The van der Waals surface area contributed by atoms with E-state index in [0.29, 0.717) is 23.9 Å². The second kappa shape index (κ2) is 8.88. The van der Waals surface area contributed by atoms with Crippen molar-refractivity contribution >= 4 is 32.7 Å². The van der Waals surface area contributed by atoms with Crippen LogP contribution in [0, 0.1) is 0 Å². The van der Waals surface area contributed by atoms with E-state index in [0.717, 1.165) is 37.2 Å². The molecule has 0 atom stereocenters. The molecule has 1 aromatic heterocycles. The minimum atomic E-state index is -0.114. The van der Waals surface area contributed by atoms with Crippen molar-refractivity contribution in [3.63, 3.8) is 0 Å². The molecule has 2 aromatic carbocycles. The van der Waals surface area contributed by atoms with Gasteiger partial charge < -0.3 is 4.90 Å². The standard InChI is InChI=1S/C22H23BrN4O2/c23-18-6-7-20-19(14-18)22(29)27(16-24-20)9-8-21(28)26-12-10-25(11-13-26)15-17-4-2-1-3-5-17/h1-7,14,16H,8-13,15H2. The largest absolute Gasteiger partial charge is 0.340 e. The van der Waals surface area contributed by atoms with E-state index in [9.17, 15) is 9.59 Å². The first-order chi connectivity index (χ1) is 14.1. The summed E-state index contributed by atoms with van der Waals surface area (Å²) >= 11 is 3.39. The fraction of sp³-hybridized carbons (Fsp3) is 0.318. The van der Waals surface area contributed by atoms with Crippen LogP contribution in [0.3, 0.4) is 0 Å². The van der Waals surface area contributed by atoms with Gasteiger partial charge in [0, 0.05) is 50.2 Å². The SMILES string of the molecule is O=C(CCn1cnc2ccc(Br)cc2c1=O)N1CCN(Cc2ccccc2)CC1. The Morgan fingerprint density at radius 1 is 1.03 bits per heavy atom. The molecule has 0 aliphatic carbocycles. The zero-order valence-electron chi connectivity index (χ0n) is 16.1. The number of hydrogen-bond donors (Lipinski definition) is 0. The number of aromatic nitrogens is 2. The molecular weight excluding hydrogens is 432 g/mol. The minimum absolute atomic E-state index is 0.0885. The lowest BCUT2D eigenvalue weighted by atomic mass is 10.2. The minimum Gasteiger partial charge on any atom is -0.340 e. The Bertz CT molecular complexity index is 1060. The summed E-state index contributed by atoms with van der Waals surface area (Å²) in [6.45, 7) is 4.44. The highest BCUT2D eigenvalue weighted by atomic mass is 79.9. The molecule has 1 fully saturated rings. The van der Waals surface area contributed by atoms with Crippen LogP contribution in [0.1, 0.15) is 12.0 Å². The number of benzene rings is 2. The van der Waals surface area contributed by atoms with E-state index < -0.39 is 0 Å². The van der Waals surface area contributed by atoms with Crippen molar-refractivity contribution in [3.8, 4) is 0 Å². The van der Waals surface area contributed by atoms with Gasteiger partial charge in [-0.25, -0.2) is 4.98 Å². The van der Waals surface area contributed by atoms with Crippen LogP contribution in [0.25, 0.3) is 10.9 Å². The van der Waals surface area contributed by atoms with Gasteiger partial charge in [-0.15, -0.1) is 0 Å². The fourth-order valence-electron chi connectivity index (χ4n) is 3.66. The van der Waals surface area contributed by atoms with Crippen molar-refractivity contribution < 1.29 is 4.79 Å². The average Bonchev–Trinajstić information content (AvgIpc) is 2.75. The lowest BCUT2D eigenvalue weighted by Crippen LogP contribution is -2.48. The maximum atomic E-state index is 12.7. The molecule has 1 aliphatic rings. The van der Waals surface area contributed by atoms with E-state index in [4.69, 9.17) is 0 Å². The number of aryl methyl sites for hydroxylation is 1. The Kier molecular flexibility index (Phi) is 6.06. The predicted octanol–water partition coefficient (Wildman–Crippen LogP) is 2.89. The molecule has 1 aliphatic heterocycles. The molecule has 0 unspecified atom stereocenters. The number of carbonyl (C=O) groups is 1. The van der Waals surface area contributed by atoms with Crippen molar-refractivity contribution in [1.82, 2.24) is 19.4 Å². The molecule has 7 heteroatoms. The van der Waals surface area contributed by atoms with Crippen LogP contribution in [0.2, 0.25) is 0 Å². The van der Waals surface area contributed by atoms with E-state index in [-0.39, 0.29) is 11.5 Å². The third kappa shape index (κ3) is 4.74. The van der Waals surface area contributed by atoms with Gasteiger partial charge in [-0.3, -0.25) is 19.1 Å². The van der Waals surface area contributed by atoms with Crippen molar-refractivity contribution in [3.05, 3.63) is 75.2 Å². The number of fused-ring (bicyclic) bond motifs is 1. The summed E-state index contributed by atoms with van der Waals surface area (Å²) in [6, 6.07) is 15.8. The van der Waals surface area contributed by atoms with Crippen molar-refractivity contribution in [2.24, 2.45) is 0 Å². The molecule has 0 saturated carbocycles. The van der Waals surface area contributed by atoms with Crippen LogP contribution in [-0.4, -0.2) is 51.4 Å². The monoisotopic (exact) mass is 454 g/mol. The summed E-state index contributed by atoms with van der Waals surface area (Å²) in [6.07, 6.45) is 1.84. The second-order valence-electron chi connectivity index (χ2n) is 7.30. The molecule has 2 heterocycles. The summed E-state index contributed by atoms with van der Waals surface area (Å²) in [4.78, 5) is 33.9. The number of rotatable bonds is 5. The van der Waals surface area contributed by atoms with Crippen molar-refractivity contribution in [2.45, 2.75) is 19.5 Å². The molecule has 0 bridgehead atoms. The first kappa shape index (κ1) is 19.8. The Hall–Kier alpha value is -2.51. The predicted molar refractivity (Wildman–Crippen MR) is 117 cm³/mol. The number of carbonyl (C=O) groups excluding carboxylic acids is 1. The van der Waals surface area contributed by atoms with Crippen LogP contribution in [-0.2, 0) is 17.9 Å². The van der Waals surface area contributed by atoms with Crippen LogP contribution in [0.5, 0.6) is 0 Å². The molecule has 1 saturated heterocycles. The van der Waals surface area contributed by atoms with Gasteiger partial charge in [0.15, 0.2) is 0 Å². The summed E-state index contributed by atoms with van der Waals surface area (Å²) in [7, 11) is 0. The van der Waals surface area contributed by atoms with E-state index >= 15 is 0 Å². The van der Waals surface area contributed by atoms with Gasteiger partial charge in [-0.1, -0.05) is 46.3 Å². The van der Waals surface area contributed by atoms with Gasteiger partial charge in [0.2, 0.25) is 5.91 Å². The maximum absolute atomic E-state index is 12.7. The molecule has 0 radical (unpaired) electrons. The molecule has 150 valence electrons. The molecular formula is C22H23BrN4O2. The molecule has 3 aromatic rings. The molecule has 0 spiro atoms. The van der Waals surface area contributed by atoms with Crippen LogP contribution < -0.4 is 5.56 Å². The molecule has 1 amide bonds. The first-order valence-electron chi connectivity index (χ1n) is 9.79. The van der Waals surface area contributed by atoms with Gasteiger partial charge >= 0.3 is 0 Å². The lowest BCUT2D eigenvalue weighted by molar-refractivity contribution is -0.133. The molecule has 29 heavy (non-hydrogen) atoms. The molecule has 6 nitrogen and oxygen atoms in total. The average molecular weight is 455 g/mol. The third-order valence-corrected chi connectivity index (χ3v) is 5.82. The summed E-state index contributed by atoms with van der Waals surface area (Å²) < 4.78 is 2.37. The highest BCUT2D eigenvalue weighted by Crippen LogP contribution is 2.15. The van der Waals surface area contributed by atoms with Crippen LogP contribution >= 0.6 is 15.9 Å². The van der Waals surface area contributed by atoms with Gasteiger partial charge in [0.25, 0.3) is 5.56 Å². The fourth-order valence-corrected chi connectivity index (χ4v) is 4.02. The summed E-state index contributed by atoms with van der Waals surface area (Å²) in [5.74, 6) is 0.0885. The maximum Gasteiger partial charge on any atom is 0.261 e. The quantitative estimate of drug-likeness (QED) is 0.594. The normalized spacial score (nSPS) is 15.0. The van der Waals surface area contributed by atoms with E-state index in [2.05, 4.69) is 50.1 Å². The number of halogens is 1. The Morgan fingerprint density at radius 3 is 2.55 bits per heavy atom. The Morgan fingerprint density at radius 2 is 1.79 bits per heavy atom. The zero-order chi connectivity index (χ0) is 20.2. The van der Waals surface area contributed by atoms with Gasteiger partial charge in [-0.2, -0.15) is 0 Å².